The van der Waals surface area contributed by atoms with Gasteiger partial charge in [0.2, 0.25) is 0 Å². The van der Waals surface area contributed by atoms with Crippen molar-refractivity contribution in [2.24, 2.45) is 0 Å². The second-order valence-electron chi connectivity index (χ2n) is 4.92. The predicted octanol–water partition coefficient (Wildman–Crippen LogP) is 2.72. The van der Waals surface area contributed by atoms with E-state index in [4.69, 9.17) is 9.15 Å². The second kappa shape index (κ2) is 5.59. The van der Waals surface area contributed by atoms with Crippen LogP contribution in [-0.4, -0.2) is 19.7 Å². The average molecular weight is 257 g/mol. The Bertz CT molecular complexity index is 521. The van der Waals surface area contributed by atoms with E-state index in [1.165, 1.54) is 11.1 Å². The first-order valence-electron chi connectivity index (χ1n) is 6.77. The number of fused-ring (bicyclic) bond motifs is 1. The van der Waals surface area contributed by atoms with Crippen LogP contribution in [0.2, 0.25) is 0 Å². The van der Waals surface area contributed by atoms with Crippen LogP contribution in [0.4, 0.5) is 0 Å². The molecular weight excluding hydrogens is 238 g/mol. The highest BCUT2D eigenvalue weighted by atomic mass is 16.5. The van der Waals surface area contributed by atoms with Crippen molar-refractivity contribution in [3.05, 3.63) is 59.5 Å². The molecular formula is C16H19NO2. The molecule has 1 aromatic heterocycles. The van der Waals surface area contributed by atoms with Gasteiger partial charge in [-0.3, -0.25) is 0 Å². The van der Waals surface area contributed by atoms with Crippen molar-refractivity contribution in [1.29, 1.82) is 0 Å². The van der Waals surface area contributed by atoms with E-state index >= 15 is 0 Å². The maximum atomic E-state index is 6.00. The summed E-state index contributed by atoms with van der Waals surface area (Å²) in [5.74, 6) is 0.992. The molecule has 3 rings (SSSR count). The van der Waals surface area contributed by atoms with E-state index in [-0.39, 0.29) is 12.1 Å². The third kappa shape index (κ3) is 2.57. The van der Waals surface area contributed by atoms with Gasteiger partial charge in [0.25, 0.3) is 0 Å². The zero-order valence-corrected chi connectivity index (χ0v) is 11.1. The smallest absolute Gasteiger partial charge is 0.105 e. The van der Waals surface area contributed by atoms with E-state index in [0.29, 0.717) is 0 Å². The molecule has 19 heavy (non-hydrogen) atoms. The van der Waals surface area contributed by atoms with Gasteiger partial charge < -0.3 is 14.5 Å². The first kappa shape index (κ1) is 12.5. The van der Waals surface area contributed by atoms with Gasteiger partial charge in [0.15, 0.2) is 0 Å². The van der Waals surface area contributed by atoms with Gasteiger partial charge in [-0.25, -0.2) is 0 Å². The lowest BCUT2D eigenvalue weighted by Crippen LogP contribution is -2.37. The first-order valence-corrected chi connectivity index (χ1v) is 6.77. The molecule has 0 saturated carbocycles. The predicted molar refractivity (Wildman–Crippen MR) is 74.1 cm³/mol. The van der Waals surface area contributed by atoms with E-state index in [1.807, 2.05) is 19.2 Å². The standard InChI is InChI=1S/C16H19NO2/c1-17-15(11-13-6-4-9-18-13)16-14-7-3-2-5-12(14)8-10-19-16/h2-7,9,15-17H,8,10-11H2,1H3. The van der Waals surface area contributed by atoms with Crippen LogP contribution in [0.15, 0.2) is 47.1 Å². The number of benzene rings is 1. The van der Waals surface area contributed by atoms with E-state index in [9.17, 15) is 0 Å². The van der Waals surface area contributed by atoms with Gasteiger partial charge in [-0.2, -0.15) is 0 Å². The fourth-order valence-electron chi connectivity index (χ4n) is 2.76. The van der Waals surface area contributed by atoms with Crippen LogP contribution >= 0.6 is 0 Å². The molecule has 1 aliphatic heterocycles. The molecule has 0 spiro atoms. The van der Waals surface area contributed by atoms with Crippen molar-refractivity contribution in [2.75, 3.05) is 13.7 Å². The zero-order chi connectivity index (χ0) is 13.1. The molecule has 0 amide bonds. The number of rotatable bonds is 4. The molecule has 0 fully saturated rings. The third-order valence-corrected chi connectivity index (χ3v) is 3.77. The largest absolute Gasteiger partial charge is 0.469 e. The van der Waals surface area contributed by atoms with E-state index in [2.05, 4.69) is 29.6 Å². The van der Waals surface area contributed by atoms with Crippen LogP contribution in [0.25, 0.3) is 0 Å². The first-order chi connectivity index (χ1) is 9.38. The lowest BCUT2D eigenvalue weighted by molar-refractivity contribution is 0.0161. The van der Waals surface area contributed by atoms with Crippen LogP contribution < -0.4 is 5.32 Å². The summed E-state index contributed by atoms with van der Waals surface area (Å²) in [6.45, 7) is 0.790. The molecule has 1 N–H and O–H groups in total. The summed E-state index contributed by atoms with van der Waals surface area (Å²) in [4.78, 5) is 0. The molecule has 2 heterocycles. The van der Waals surface area contributed by atoms with Crippen molar-refractivity contribution in [2.45, 2.75) is 25.0 Å². The quantitative estimate of drug-likeness (QED) is 0.914. The number of likely N-dealkylation sites (N-methyl/N-ethyl adjacent to an activating group) is 1. The van der Waals surface area contributed by atoms with Gasteiger partial charge in [0, 0.05) is 12.5 Å². The van der Waals surface area contributed by atoms with Crippen LogP contribution in [-0.2, 0) is 17.6 Å². The Kier molecular flexibility index (Phi) is 3.67. The Hall–Kier alpha value is -1.58. The number of hydrogen-bond acceptors (Lipinski definition) is 3. The van der Waals surface area contributed by atoms with Crippen LogP contribution in [0.1, 0.15) is 23.0 Å². The highest BCUT2D eigenvalue weighted by Crippen LogP contribution is 2.30. The van der Waals surface area contributed by atoms with Gasteiger partial charge in [0.1, 0.15) is 5.76 Å². The topological polar surface area (TPSA) is 34.4 Å². The Balaban J connectivity index is 1.84. The number of furan rings is 1. The van der Waals surface area contributed by atoms with Crippen molar-refractivity contribution >= 4 is 0 Å². The fourth-order valence-corrected chi connectivity index (χ4v) is 2.76. The molecule has 0 saturated heterocycles. The van der Waals surface area contributed by atoms with Crippen LogP contribution in [0.3, 0.4) is 0 Å². The minimum atomic E-state index is 0.0973. The third-order valence-electron chi connectivity index (χ3n) is 3.77. The van der Waals surface area contributed by atoms with Crippen molar-refractivity contribution < 1.29 is 9.15 Å². The van der Waals surface area contributed by atoms with E-state index < -0.39 is 0 Å². The Morgan fingerprint density at radius 1 is 1.26 bits per heavy atom. The molecule has 2 aromatic rings. The Morgan fingerprint density at radius 3 is 2.95 bits per heavy atom. The molecule has 0 bridgehead atoms. The average Bonchev–Trinajstić information content (AvgIpc) is 2.97. The summed E-state index contributed by atoms with van der Waals surface area (Å²) < 4.78 is 11.5. The molecule has 1 aliphatic rings. The summed E-state index contributed by atoms with van der Waals surface area (Å²) in [6, 6.07) is 12.7. The summed E-state index contributed by atoms with van der Waals surface area (Å²) in [5.41, 5.74) is 2.71. The van der Waals surface area contributed by atoms with Gasteiger partial charge in [-0.05, 0) is 36.7 Å². The maximum Gasteiger partial charge on any atom is 0.105 e. The SMILES string of the molecule is CNC(Cc1ccco1)C1OCCc2ccccc21. The maximum absolute atomic E-state index is 6.00. The molecule has 100 valence electrons. The normalized spacial score (nSPS) is 19.9. The summed E-state index contributed by atoms with van der Waals surface area (Å²) in [5, 5.41) is 3.37. The number of hydrogen-bond donors (Lipinski definition) is 1. The van der Waals surface area contributed by atoms with Crippen LogP contribution in [0, 0.1) is 0 Å². The zero-order valence-electron chi connectivity index (χ0n) is 11.1. The summed E-state index contributed by atoms with van der Waals surface area (Å²) in [7, 11) is 1.98. The Morgan fingerprint density at radius 2 is 2.16 bits per heavy atom. The molecule has 0 aliphatic carbocycles. The lowest BCUT2D eigenvalue weighted by atomic mass is 9.91. The van der Waals surface area contributed by atoms with Gasteiger partial charge in [-0.15, -0.1) is 0 Å². The minimum absolute atomic E-state index is 0.0973. The number of ether oxygens (including phenoxy) is 1. The van der Waals surface area contributed by atoms with Gasteiger partial charge in [-0.1, -0.05) is 24.3 Å². The molecule has 0 radical (unpaired) electrons. The summed E-state index contributed by atoms with van der Waals surface area (Å²) >= 11 is 0. The summed E-state index contributed by atoms with van der Waals surface area (Å²) in [6.07, 6.45) is 3.66. The van der Waals surface area contributed by atoms with E-state index in [0.717, 1.165) is 25.2 Å². The Labute approximate surface area is 113 Å². The minimum Gasteiger partial charge on any atom is -0.469 e. The molecule has 2 atom stereocenters. The van der Waals surface area contributed by atoms with E-state index in [1.54, 1.807) is 6.26 Å². The van der Waals surface area contributed by atoms with Gasteiger partial charge >= 0.3 is 0 Å². The highest BCUT2D eigenvalue weighted by molar-refractivity contribution is 5.32. The molecule has 2 unspecified atom stereocenters. The molecule has 3 nitrogen and oxygen atoms in total. The van der Waals surface area contributed by atoms with Crippen molar-refractivity contribution in [3.63, 3.8) is 0 Å². The van der Waals surface area contributed by atoms with Crippen molar-refractivity contribution in [1.82, 2.24) is 5.32 Å². The van der Waals surface area contributed by atoms with Crippen LogP contribution in [0.5, 0.6) is 0 Å². The number of nitrogens with one attached hydrogen (secondary N) is 1. The monoisotopic (exact) mass is 257 g/mol. The molecule has 1 aromatic carbocycles. The molecule has 3 heteroatoms. The van der Waals surface area contributed by atoms with Gasteiger partial charge in [0.05, 0.1) is 19.0 Å². The second-order valence-corrected chi connectivity index (χ2v) is 4.92. The highest BCUT2D eigenvalue weighted by Gasteiger charge is 2.28. The lowest BCUT2D eigenvalue weighted by Gasteiger charge is -2.32. The van der Waals surface area contributed by atoms with Crippen molar-refractivity contribution in [3.8, 4) is 0 Å². The fraction of sp³-hybridized carbons (Fsp3) is 0.375.